The highest BCUT2D eigenvalue weighted by Crippen LogP contribution is 2.38. The number of unbranched alkanes of at least 4 members (excludes halogenated alkanes) is 1. The van der Waals surface area contributed by atoms with Crippen LogP contribution in [0.3, 0.4) is 0 Å². The molecule has 1 atom stereocenters. The maximum absolute atomic E-state index is 13.3. The van der Waals surface area contributed by atoms with Gasteiger partial charge in [-0.05, 0) is 49.6 Å². The van der Waals surface area contributed by atoms with Gasteiger partial charge in [0.1, 0.15) is 18.4 Å². The lowest BCUT2D eigenvalue weighted by Gasteiger charge is -2.28. The predicted octanol–water partition coefficient (Wildman–Crippen LogP) is 7.30. The Morgan fingerprint density at radius 3 is 2.76 bits per heavy atom. The zero-order valence-corrected chi connectivity index (χ0v) is 23.4. The number of fused-ring (bicyclic) bond motifs is 1. The van der Waals surface area contributed by atoms with Crippen molar-refractivity contribution in [1.29, 1.82) is 0 Å². The van der Waals surface area contributed by atoms with Crippen LogP contribution in [0, 0.1) is 0 Å². The zero-order valence-electron chi connectivity index (χ0n) is 21.1. The van der Waals surface area contributed by atoms with Gasteiger partial charge >= 0.3 is 5.97 Å². The molecule has 4 rings (SSSR count). The molecule has 0 aliphatic carbocycles. The van der Waals surface area contributed by atoms with Gasteiger partial charge in [-0.25, -0.2) is 9.48 Å². The highest BCUT2D eigenvalue weighted by molar-refractivity contribution is 7.99. The lowest BCUT2D eigenvalue weighted by atomic mass is 9.95. The summed E-state index contributed by atoms with van der Waals surface area (Å²) in [4.78, 5) is 17.9. The van der Waals surface area contributed by atoms with E-state index in [1.807, 2.05) is 37.3 Å². The monoisotopic (exact) mass is 560 g/mol. The van der Waals surface area contributed by atoms with Crippen LogP contribution in [-0.4, -0.2) is 33.1 Å². The van der Waals surface area contributed by atoms with E-state index in [1.54, 1.807) is 28.6 Å². The third kappa shape index (κ3) is 6.61. The molecule has 2 aromatic carbocycles. The maximum atomic E-state index is 13.3. The standard InChI is InChI=1S/C27H30Cl2N4O3S/c1-4-6-12-35-25(34)23-17(3)30-26-31-27(37-13-5-2)32-33(26)24(23)18-8-7-9-21(14-18)36-16-19-10-11-20(28)15-22(19)29/h7-11,14-15,24H,4-6,12-13,16H2,1-3H3,(H,30,31,32). The molecule has 0 spiro atoms. The first-order valence-corrected chi connectivity index (χ1v) is 14.1. The van der Waals surface area contributed by atoms with E-state index in [9.17, 15) is 4.79 Å². The second-order valence-electron chi connectivity index (χ2n) is 8.66. The molecule has 196 valence electrons. The zero-order chi connectivity index (χ0) is 26.4. The van der Waals surface area contributed by atoms with Crippen molar-refractivity contribution in [3.05, 3.63) is 74.9 Å². The minimum atomic E-state index is -0.517. The molecule has 0 saturated heterocycles. The molecule has 37 heavy (non-hydrogen) atoms. The molecule has 7 nitrogen and oxygen atoms in total. The second kappa shape index (κ2) is 12.7. The molecule has 1 unspecified atom stereocenters. The first-order chi connectivity index (χ1) is 17.9. The van der Waals surface area contributed by atoms with Gasteiger partial charge in [-0.15, -0.1) is 5.10 Å². The van der Waals surface area contributed by atoms with Gasteiger partial charge in [-0.2, -0.15) is 4.98 Å². The Balaban J connectivity index is 1.66. The number of esters is 1. The molecule has 0 amide bonds. The molecule has 0 fully saturated rings. The van der Waals surface area contributed by atoms with Gasteiger partial charge in [0.15, 0.2) is 0 Å². The van der Waals surface area contributed by atoms with Gasteiger partial charge in [-0.3, -0.25) is 0 Å². The van der Waals surface area contributed by atoms with Crippen molar-refractivity contribution in [2.45, 2.75) is 57.8 Å². The summed E-state index contributed by atoms with van der Waals surface area (Å²) < 4.78 is 13.5. The molecule has 1 aliphatic rings. The number of nitrogens with one attached hydrogen (secondary N) is 1. The number of ether oxygens (including phenoxy) is 2. The topological polar surface area (TPSA) is 78.3 Å². The van der Waals surface area contributed by atoms with Gasteiger partial charge in [0.2, 0.25) is 11.1 Å². The number of hydrogen-bond acceptors (Lipinski definition) is 7. The van der Waals surface area contributed by atoms with E-state index in [-0.39, 0.29) is 12.6 Å². The van der Waals surface area contributed by atoms with Gasteiger partial charge < -0.3 is 14.8 Å². The lowest BCUT2D eigenvalue weighted by molar-refractivity contribution is -0.139. The van der Waals surface area contributed by atoms with Crippen LogP contribution in [0.2, 0.25) is 10.0 Å². The van der Waals surface area contributed by atoms with E-state index in [2.05, 4.69) is 24.1 Å². The summed E-state index contributed by atoms with van der Waals surface area (Å²) in [6.07, 6.45) is 2.75. The Bertz CT molecular complexity index is 1290. The number of hydrogen-bond donors (Lipinski definition) is 1. The SMILES string of the molecule is CCCCOC(=O)C1=C(C)Nc2nc(SCCC)nn2C1c1cccc(OCc2ccc(Cl)cc2Cl)c1. The molecule has 0 radical (unpaired) electrons. The summed E-state index contributed by atoms with van der Waals surface area (Å²) in [5, 5.41) is 9.77. The average molecular weight is 562 g/mol. The number of halogens is 2. The number of carbonyl (C=O) groups is 1. The smallest absolute Gasteiger partial charge is 0.338 e. The van der Waals surface area contributed by atoms with E-state index >= 15 is 0 Å². The van der Waals surface area contributed by atoms with Gasteiger partial charge in [0.25, 0.3) is 0 Å². The Morgan fingerprint density at radius 2 is 2.00 bits per heavy atom. The summed E-state index contributed by atoms with van der Waals surface area (Å²) in [6, 6.07) is 12.4. The van der Waals surface area contributed by atoms with Crippen LogP contribution >= 0.6 is 35.0 Å². The molecule has 1 N–H and O–H groups in total. The molecular formula is C27H30Cl2N4O3S. The van der Waals surface area contributed by atoms with Crippen LogP contribution in [0.1, 0.15) is 57.2 Å². The van der Waals surface area contributed by atoms with E-state index in [0.717, 1.165) is 36.1 Å². The van der Waals surface area contributed by atoms with E-state index in [4.69, 9.17) is 37.8 Å². The number of benzene rings is 2. The Hall–Kier alpha value is -2.68. The molecule has 0 bridgehead atoms. The molecule has 1 aliphatic heterocycles. The fraction of sp³-hybridized carbons (Fsp3) is 0.370. The lowest BCUT2D eigenvalue weighted by Crippen LogP contribution is -2.29. The van der Waals surface area contributed by atoms with Crippen molar-refractivity contribution in [1.82, 2.24) is 14.8 Å². The third-order valence-corrected chi connectivity index (χ3v) is 7.43. The highest BCUT2D eigenvalue weighted by Gasteiger charge is 2.35. The van der Waals surface area contributed by atoms with Gasteiger partial charge in [0, 0.05) is 27.1 Å². The van der Waals surface area contributed by atoms with E-state index in [0.29, 0.717) is 44.8 Å². The van der Waals surface area contributed by atoms with E-state index in [1.165, 1.54) is 0 Å². The van der Waals surface area contributed by atoms with Crippen molar-refractivity contribution in [3.63, 3.8) is 0 Å². The number of anilines is 1. The molecular weight excluding hydrogens is 531 g/mol. The van der Waals surface area contributed by atoms with Crippen LogP contribution in [0.15, 0.2) is 58.9 Å². The molecule has 0 saturated carbocycles. The fourth-order valence-electron chi connectivity index (χ4n) is 3.92. The highest BCUT2D eigenvalue weighted by atomic mass is 35.5. The van der Waals surface area contributed by atoms with Crippen LogP contribution in [0.25, 0.3) is 0 Å². The molecule has 3 aromatic rings. The van der Waals surface area contributed by atoms with Crippen molar-refractivity contribution in [2.24, 2.45) is 0 Å². The van der Waals surface area contributed by atoms with Gasteiger partial charge in [-0.1, -0.05) is 73.4 Å². The Labute approximate surface area is 231 Å². The minimum absolute atomic E-state index is 0.277. The summed E-state index contributed by atoms with van der Waals surface area (Å²) in [5.74, 6) is 1.76. The molecule has 10 heteroatoms. The van der Waals surface area contributed by atoms with Crippen LogP contribution in [0.5, 0.6) is 5.75 Å². The summed E-state index contributed by atoms with van der Waals surface area (Å²) in [7, 11) is 0. The maximum Gasteiger partial charge on any atom is 0.338 e. The second-order valence-corrected chi connectivity index (χ2v) is 10.6. The number of aromatic nitrogens is 3. The number of rotatable bonds is 11. The normalized spacial score (nSPS) is 14.8. The summed E-state index contributed by atoms with van der Waals surface area (Å²) in [5.41, 5.74) is 2.85. The number of nitrogens with zero attached hydrogens (tertiary/aromatic N) is 3. The minimum Gasteiger partial charge on any atom is -0.489 e. The third-order valence-electron chi connectivity index (χ3n) is 5.80. The van der Waals surface area contributed by atoms with Crippen LogP contribution in [-0.2, 0) is 16.1 Å². The van der Waals surface area contributed by atoms with Crippen molar-refractivity contribution >= 4 is 46.9 Å². The summed E-state index contributed by atoms with van der Waals surface area (Å²) in [6.45, 7) is 6.68. The van der Waals surface area contributed by atoms with Crippen LogP contribution < -0.4 is 10.1 Å². The Morgan fingerprint density at radius 1 is 1.16 bits per heavy atom. The van der Waals surface area contributed by atoms with Crippen molar-refractivity contribution < 1.29 is 14.3 Å². The number of carbonyl (C=O) groups excluding carboxylic acids is 1. The molecule has 2 heterocycles. The van der Waals surface area contributed by atoms with Crippen molar-refractivity contribution in [3.8, 4) is 5.75 Å². The quantitative estimate of drug-likeness (QED) is 0.150. The van der Waals surface area contributed by atoms with Gasteiger partial charge in [0.05, 0.1) is 12.2 Å². The van der Waals surface area contributed by atoms with Crippen LogP contribution in [0.4, 0.5) is 5.95 Å². The predicted molar refractivity (Wildman–Crippen MR) is 149 cm³/mol. The molecule has 1 aromatic heterocycles. The average Bonchev–Trinajstić information content (AvgIpc) is 3.28. The first kappa shape index (κ1) is 27.4. The first-order valence-electron chi connectivity index (χ1n) is 12.3. The fourth-order valence-corrected chi connectivity index (χ4v) is 5.07. The largest absolute Gasteiger partial charge is 0.489 e. The summed E-state index contributed by atoms with van der Waals surface area (Å²) >= 11 is 13.9. The van der Waals surface area contributed by atoms with Crippen molar-refractivity contribution in [2.75, 3.05) is 17.7 Å². The Kier molecular flexibility index (Phi) is 9.40. The number of allylic oxidation sites excluding steroid dienone is 1. The number of thioether (sulfide) groups is 1. The van der Waals surface area contributed by atoms with E-state index < -0.39 is 6.04 Å².